The van der Waals surface area contributed by atoms with Crippen LogP contribution in [0.25, 0.3) is 0 Å². The van der Waals surface area contributed by atoms with Crippen LogP contribution >= 0.6 is 11.6 Å². The number of nitrogens with zero attached hydrogens (tertiary/aromatic N) is 3. The van der Waals surface area contributed by atoms with Gasteiger partial charge < -0.3 is 24.9 Å². The van der Waals surface area contributed by atoms with Crippen LogP contribution < -0.4 is 0 Å². The zero-order valence-electron chi connectivity index (χ0n) is 22.4. The van der Waals surface area contributed by atoms with Crippen LogP contribution in [0.1, 0.15) is 57.4 Å². The molecular formula is C29H40ClN3O5. The van der Waals surface area contributed by atoms with Crippen molar-refractivity contribution in [1.29, 1.82) is 0 Å². The van der Waals surface area contributed by atoms with Crippen molar-refractivity contribution in [2.45, 2.75) is 64.0 Å². The standard InChI is InChI=1S/C29H40ClN3O5/c1-19(17-34)27(37)33(22-8-11-29(2,3)12-9-22)23-10-13-31(14-23)28(38)25-16-32(26(36)18-35)15-24(25)20-4-6-21(30)7-5-20/h4-7,22-25,34-35H,1,8-18H2,2-3H3/t23-,24-,25?/m0/s1. The van der Waals surface area contributed by atoms with E-state index in [0.717, 1.165) is 31.2 Å². The molecule has 1 unspecified atom stereocenters. The van der Waals surface area contributed by atoms with E-state index >= 15 is 0 Å². The fourth-order valence-electron chi connectivity index (χ4n) is 6.35. The maximum Gasteiger partial charge on any atom is 0.252 e. The molecule has 2 saturated heterocycles. The first-order valence-electron chi connectivity index (χ1n) is 13.6. The van der Waals surface area contributed by atoms with Gasteiger partial charge in [-0.2, -0.15) is 0 Å². The lowest BCUT2D eigenvalue weighted by molar-refractivity contribution is -0.138. The van der Waals surface area contributed by atoms with E-state index in [4.69, 9.17) is 11.6 Å². The second-order valence-electron chi connectivity index (χ2n) is 11.8. The Hall–Kier alpha value is -2.42. The number of amides is 3. The smallest absolute Gasteiger partial charge is 0.252 e. The number of aliphatic hydroxyl groups is 2. The Bertz CT molecular complexity index is 1050. The minimum atomic E-state index is -0.593. The first-order chi connectivity index (χ1) is 18.0. The Kier molecular flexibility index (Phi) is 8.85. The molecule has 3 aliphatic rings. The molecule has 0 bridgehead atoms. The number of benzene rings is 1. The van der Waals surface area contributed by atoms with Crippen molar-refractivity contribution in [3.8, 4) is 0 Å². The predicted molar refractivity (Wildman–Crippen MR) is 145 cm³/mol. The van der Waals surface area contributed by atoms with Gasteiger partial charge in [-0.25, -0.2) is 0 Å². The van der Waals surface area contributed by atoms with Crippen LogP contribution in [0.2, 0.25) is 5.02 Å². The molecule has 2 heterocycles. The van der Waals surface area contributed by atoms with Gasteiger partial charge in [0, 0.05) is 48.7 Å². The Balaban J connectivity index is 1.52. The average Bonchev–Trinajstić information content (AvgIpc) is 3.57. The maximum absolute atomic E-state index is 13.9. The number of hydrogen-bond acceptors (Lipinski definition) is 5. The highest BCUT2D eigenvalue weighted by Gasteiger charge is 2.45. The quantitative estimate of drug-likeness (QED) is 0.513. The van der Waals surface area contributed by atoms with E-state index in [1.807, 2.05) is 21.9 Å². The van der Waals surface area contributed by atoms with Crippen LogP contribution in [-0.2, 0) is 14.4 Å². The van der Waals surface area contributed by atoms with E-state index in [-0.39, 0.29) is 54.0 Å². The number of carbonyl (C=O) groups is 3. The molecule has 4 rings (SSSR count). The van der Waals surface area contributed by atoms with Gasteiger partial charge in [0.15, 0.2) is 0 Å². The first kappa shape index (κ1) is 28.6. The van der Waals surface area contributed by atoms with Crippen LogP contribution in [0.15, 0.2) is 36.4 Å². The van der Waals surface area contributed by atoms with Crippen LogP contribution in [0.3, 0.4) is 0 Å². The number of hydrogen-bond donors (Lipinski definition) is 2. The summed E-state index contributed by atoms with van der Waals surface area (Å²) in [6.07, 6.45) is 4.47. The second-order valence-corrected chi connectivity index (χ2v) is 12.3. The van der Waals surface area contributed by atoms with Gasteiger partial charge in [-0.3, -0.25) is 14.4 Å². The van der Waals surface area contributed by atoms with Gasteiger partial charge in [0.1, 0.15) is 6.61 Å². The maximum atomic E-state index is 13.9. The zero-order chi connectivity index (χ0) is 27.6. The normalized spacial score (nSPS) is 25.4. The summed E-state index contributed by atoms with van der Waals surface area (Å²) >= 11 is 6.08. The third kappa shape index (κ3) is 6.08. The number of halogens is 1. The molecule has 1 aromatic rings. The van der Waals surface area contributed by atoms with Gasteiger partial charge in [-0.15, -0.1) is 0 Å². The summed E-state index contributed by atoms with van der Waals surface area (Å²) in [6.45, 7) is 8.86. The fourth-order valence-corrected chi connectivity index (χ4v) is 6.48. The number of carbonyl (C=O) groups excluding carboxylic acids is 3. The largest absolute Gasteiger partial charge is 0.391 e. The van der Waals surface area contributed by atoms with Gasteiger partial charge in [-0.05, 0) is 55.2 Å². The van der Waals surface area contributed by atoms with E-state index in [2.05, 4.69) is 20.4 Å². The number of likely N-dealkylation sites (tertiary alicyclic amines) is 2. The molecule has 1 aromatic carbocycles. The summed E-state index contributed by atoms with van der Waals surface area (Å²) in [5.41, 5.74) is 1.35. The van der Waals surface area contributed by atoms with Crippen molar-refractivity contribution in [3.63, 3.8) is 0 Å². The van der Waals surface area contributed by atoms with Crippen molar-refractivity contribution >= 4 is 29.3 Å². The summed E-state index contributed by atoms with van der Waals surface area (Å²) in [5, 5.41) is 19.7. The van der Waals surface area contributed by atoms with E-state index in [9.17, 15) is 24.6 Å². The number of aliphatic hydroxyl groups excluding tert-OH is 2. The second kappa shape index (κ2) is 11.8. The Morgan fingerprint density at radius 3 is 2.24 bits per heavy atom. The molecule has 208 valence electrons. The predicted octanol–water partition coefficient (Wildman–Crippen LogP) is 2.82. The summed E-state index contributed by atoms with van der Waals surface area (Å²) in [6, 6.07) is 7.25. The topological polar surface area (TPSA) is 101 Å². The first-order valence-corrected chi connectivity index (χ1v) is 14.0. The third-order valence-corrected chi connectivity index (χ3v) is 8.97. The third-order valence-electron chi connectivity index (χ3n) is 8.72. The molecule has 0 radical (unpaired) electrons. The molecule has 3 fully saturated rings. The van der Waals surface area contributed by atoms with Crippen LogP contribution in [0, 0.1) is 11.3 Å². The Labute approximate surface area is 230 Å². The zero-order valence-corrected chi connectivity index (χ0v) is 23.2. The molecule has 2 N–H and O–H groups in total. The van der Waals surface area contributed by atoms with Gasteiger partial charge in [0.2, 0.25) is 11.8 Å². The minimum Gasteiger partial charge on any atom is -0.391 e. The van der Waals surface area contributed by atoms with Crippen LogP contribution in [0.4, 0.5) is 0 Å². The molecular weight excluding hydrogens is 506 g/mol. The van der Waals surface area contributed by atoms with Crippen molar-refractivity contribution in [1.82, 2.24) is 14.7 Å². The average molecular weight is 546 g/mol. The lowest BCUT2D eigenvalue weighted by Gasteiger charge is -2.43. The van der Waals surface area contributed by atoms with Crippen molar-refractivity contribution in [3.05, 3.63) is 47.0 Å². The summed E-state index contributed by atoms with van der Waals surface area (Å²) < 4.78 is 0. The van der Waals surface area contributed by atoms with Crippen molar-refractivity contribution in [2.24, 2.45) is 11.3 Å². The lowest BCUT2D eigenvalue weighted by Crippen LogP contribution is -2.51. The highest BCUT2D eigenvalue weighted by atomic mass is 35.5. The number of rotatable bonds is 7. The summed E-state index contributed by atoms with van der Waals surface area (Å²) in [7, 11) is 0. The molecule has 8 nitrogen and oxygen atoms in total. The van der Waals surface area contributed by atoms with Gasteiger partial charge >= 0.3 is 0 Å². The molecule has 3 amide bonds. The summed E-state index contributed by atoms with van der Waals surface area (Å²) in [5.74, 6) is -1.31. The van der Waals surface area contributed by atoms with Crippen LogP contribution in [-0.4, -0.2) is 94.1 Å². The fraction of sp³-hybridized carbons (Fsp3) is 0.621. The molecule has 0 spiro atoms. The molecule has 0 aromatic heterocycles. The molecule has 38 heavy (non-hydrogen) atoms. The van der Waals surface area contributed by atoms with E-state index in [1.54, 1.807) is 17.0 Å². The van der Waals surface area contributed by atoms with E-state index in [0.29, 0.717) is 31.1 Å². The highest BCUT2D eigenvalue weighted by Crippen LogP contribution is 2.39. The van der Waals surface area contributed by atoms with Gasteiger partial charge in [-0.1, -0.05) is 44.2 Å². The van der Waals surface area contributed by atoms with E-state index in [1.165, 1.54) is 0 Å². The molecule has 2 aliphatic heterocycles. The van der Waals surface area contributed by atoms with Gasteiger partial charge in [0.05, 0.1) is 18.6 Å². The Morgan fingerprint density at radius 1 is 0.974 bits per heavy atom. The van der Waals surface area contributed by atoms with Crippen molar-refractivity contribution in [2.75, 3.05) is 39.4 Å². The minimum absolute atomic E-state index is 0.0427. The van der Waals surface area contributed by atoms with Crippen LogP contribution in [0.5, 0.6) is 0 Å². The van der Waals surface area contributed by atoms with Crippen molar-refractivity contribution < 1.29 is 24.6 Å². The molecule has 9 heteroatoms. The monoisotopic (exact) mass is 545 g/mol. The SMILES string of the molecule is C=C(CO)C(=O)N(C1CCC(C)(C)CC1)[C@H]1CCN(C(=O)C2CN(C(=O)CO)C[C@H]2c2ccc(Cl)cc2)C1. The summed E-state index contributed by atoms with van der Waals surface area (Å²) in [4.78, 5) is 44.8. The van der Waals surface area contributed by atoms with Gasteiger partial charge in [0.25, 0.3) is 5.91 Å². The molecule has 1 aliphatic carbocycles. The highest BCUT2D eigenvalue weighted by molar-refractivity contribution is 6.30. The van der Waals surface area contributed by atoms with E-state index < -0.39 is 18.4 Å². The molecule has 3 atom stereocenters. The molecule has 1 saturated carbocycles. The Morgan fingerprint density at radius 2 is 1.63 bits per heavy atom. The lowest BCUT2D eigenvalue weighted by atomic mass is 9.75.